The van der Waals surface area contributed by atoms with Gasteiger partial charge in [0.05, 0.1) is 0 Å². The van der Waals surface area contributed by atoms with E-state index in [9.17, 15) is 0 Å². The van der Waals surface area contributed by atoms with Crippen LogP contribution in [0.5, 0.6) is 0 Å². The average Bonchev–Trinajstić information content (AvgIpc) is 2.26. The zero-order valence-electron chi connectivity index (χ0n) is 11.9. The first-order chi connectivity index (χ1) is 7.34. The standard InChI is InChI=1S/C13H29N3/c1-11-8-15(6)12(7-14-5)10-16(9-11)13(2,3)4/h11-12,14H,7-10H2,1-6H3. The molecule has 0 bridgehead atoms. The smallest absolute Gasteiger partial charge is 0.0345 e. The molecule has 1 N–H and O–H groups in total. The summed E-state index contributed by atoms with van der Waals surface area (Å²) in [7, 11) is 4.30. The van der Waals surface area contributed by atoms with Crippen LogP contribution >= 0.6 is 0 Å². The molecule has 0 aliphatic carbocycles. The lowest BCUT2D eigenvalue weighted by Gasteiger charge is -2.37. The Morgan fingerprint density at radius 2 is 1.81 bits per heavy atom. The number of nitrogens with zero attached hydrogens (tertiary/aromatic N) is 2. The fourth-order valence-corrected chi connectivity index (χ4v) is 2.55. The predicted molar refractivity (Wildman–Crippen MR) is 70.8 cm³/mol. The molecule has 0 spiro atoms. The molecule has 1 saturated heterocycles. The molecule has 3 heteroatoms. The molecular weight excluding hydrogens is 198 g/mol. The second-order valence-corrected chi connectivity index (χ2v) is 6.33. The van der Waals surface area contributed by atoms with Crippen molar-refractivity contribution < 1.29 is 0 Å². The lowest BCUT2D eigenvalue weighted by molar-refractivity contribution is 0.113. The summed E-state index contributed by atoms with van der Waals surface area (Å²) in [5.74, 6) is 0.756. The molecule has 1 aliphatic heterocycles. The van der Waals surface area contributed by atoms with Crippen LogP contribution in [0.15, 0.2) is 0 Å². The number of rotatable bonds is 2. The Labute approximate surface area is 101 Å². The molecule has 1 heterocycles. The lowest BCUT2D eigenvalue weighted by atomic mass is 10.0. The topological polar surface area (TPSA) is 18.5 Å². The maximum Gasteiger partial charge on any atom is 0.0345 e. The van der Waals surface area contributed by atoms with Crippen LogP contribution in [0.2, 0.25) is 0 Å². The summed E-state index contributed by atoms with van der Waals surface area (Å²) in [6.07, 6.45) is 0. The van der Waals surface area contributed by atoms with Crippen LogP contribution in [-0.2, 0) is 0 Å². The van der Waals surface area contributed by atoms with Crippen molar-refractivity contribution in [2.24, 2.45) is 5.92 Å². The average molecular weight is 227 g/mol. The first-order valence-electron chi connectivity index (χ1n) is 6.44. The maximum atomic E-state index is 3.31. The number of likely N-dealkylation sites (N-methyl/N-ethyl adjacent to an activating group) is 2. The van der Waals surface area contributed by atoms with Gasteiger partial charge in [0, 0.05) is 37.8 Å². The Hall–Kier alpha value is -0.120. The molecule has 1 rings (SSSR count). The fourth-order valence-electron chi connectivity index (χ4n) is 2.55. The molecule has 2 unspecified atom stereocenters. The van der Waals surface area contributed by atoms with Crippen molar-refractivity contribution in [3.05, 3.63) is 0 Å². The van der Waals surface area contributed by atoms with E-state index in [2.05, 4.69) is 49.9 Å². The van der Waals surface area contributed by atoms with Crippen molar-refractivity contribution in [2.45, 2.75) is 39.3 Å². The van der Waals surface area contributed by atoms with E-state index < -0.39 is 0 Å². The normalized spacial score (nSPS) is 30.4. The molecule has 3 nitrogen and oxygen atoms in total. The molecule has 0 saturated carbocycles. The second kappa shape index (κ2) is 5.48. The molecule has 96 valence electrons. The Morgan fingerprint density at radius 1 is 1.19 bits per heavy atom. The Bertz CT molecular complexity index is 210. The van der Waals surface area contributed by atoms with E-state index in [0.29, 0.717) is 6.04 Å². The highest BCUT2D eigenvalue weighted by atomic mass is 15.3. The van der Waals surface area contributed by atoms with Crippen LogP contribution in [-0.4, -0.2) is 61.7 Å². The molecule has 0 aromatic carbocycles. The summed E-state index contributed by atoms with van der Waals surface area (Å²) in [5, 5.41) is 3.31. The third-order valence-electron chi connectivity index (χ3n) is 3.57. The van der Waals surface area contributed by atoms with Crippen molar-refractivity contribution in [2.75, 3.05) is 40.3 Å². The van der Waals surface area contributed by atoms with Crippen molar-refractivity contribution in [3.63, 3.8) is 0 Å². The van der Waals surface area contributed by atoms with Crippen LogP contribution in [0.25, 0.3) is 0 Å². The minimum atomic E-state index is 0.283. The maximum absolute atomic E-state index is 3.31. The fraction of sp³-hybridized carbons (Fsp3) is 1.00. The molecular formula is C13H29N3. The summed E-state index contributed by atoms with van der Waals surface area (Å²) in [5.41, 5.74) is 0.283. The zero-order valence-corrected chi connectivity index (χ0v) is 11.9. The van der Waals surface area contributed by atoms with E-state index in [4.69, 9.17) is 0 Å². The highest BCUT2D eigenvalue weighted by Crippen LogP contribution is 2.20. The Morgan fingerprint density at radius 3 is 2.31 bits per heavy atom. The van der Waals surface area contributed by atoms with Gasteiger partial charge >= 0.3 is 0 Å². The van der Waals surface area contributed by atoms with E-state index in [1.807, 2.05) is 7.05 Å². The molecule has 1 aliphatic rings. The first kappa shape index (κ1) is 13.9. The van der Waals surface area contributed by atoms with Crippen molar-refractivity contribution in [1.29, 1.82) is 0 Å². The molecule has 0 amide bonds. The number of hydrogen-bond acceptors (Lipinski definition) is 3. The van der Waals surface area contributed by atoms with Gasteiger partial charge in [0.2, 0.25) is 0 Å². The minimum absolute atomic E-state index is 0.283. The molecule has 0 aromatic heterocycles. The van der Waals surface area contributed by atoms with E-state index in [-0.39, 0.29) is 5.54 Å². The van der Waals surface area contributed by atoms with Crippen LogP contribution < -0.4 is 5.32 Å². The van der Waals surface area contributed by atoms with Gasteiger partial charge in [-0.15, -0.1) is 0 Å². The Balaban J connectivity index is 2.73. The Kier molecular flexibility index (Phi) is 4.77. The molecule has 2 atom stereocenters. The quantitative estimate of drug-likeness (QED) is 0.766. The molecule has 16 heavy (non-hydrogen) atoms. The van der Waals surface area contributed by atoms with Gasteiger partial charge in [0.15, 0.2) is 0 Å². The minimum Gasteiger partial charge on any atom is -0.318 e. The van der Waals surface area contributed by atoms with Gasteiger partial charge < -0.3 is 10.2 Å². The third kappa shape index (κ3) is 3.72. The second-order valence-electron chi connectivity index (χ2n) is 6.33. The number of nitrogens with one attached hydrogen (secondary N) is 1. The van der Waals surface area contributed by atoms with Gasteiger partial charge in [-0.3, -0.25) is 4.90 Å². The summed E-state index contributed by atoms with van der Waals surface area (Å²) in [6, 6.07) is 0.633. The van der Waals surface area contributed by atoms with Crippen LogP contribution in [0.3, 0.4) is 0 Å². The van der Waals surface area contributed by atoms with Gasteiger partial charge in [0.25, 0.3) is 0 Å². The van der Waals surface area contributed by atoms with E-state index >= 15 is 0 Å². The SMILES string of the molecule is CNCC1CN(C(C)(C)C)CC(C)CN1C. The summed E-state index contributed by atoms with van der Waals surface area (Å²) in [4.78, 5) is 5.14. The van der Waals surface area contributed by atoms with Crippen molar-refractivity contribution in [3.8, 4) is 0 Å². The molecule has 0 radical (unpaired) electrons. The first-order valence-corrected chi connectivity index (χ1v) is 6.44. The largest absolute Gasteiger partial charge is 0.318 e. The van der Waals surface area contributed by atoms with E-state index in [0.717, 1.165) is 12.5 Å². The summed E-state index contributed by atoms with van der Waals surface area (Å²) in [6.45, 7) is 14.0. The van der Waals surface area contributed by atoms with Crippen LogP contribution in [0.1, 0.15) is 27.7 Å². The third-order valence-corrected chi connectivity index (χ3v) is 3.57. The highest BCUT2D eigenvalue weighted by Gasteiger charge is 2.30. The summed E-state index contributed by atoms with van der Waals surface area (Å²) >= 11 is 0. The zero-order chi connectivity index (χ0) is 12.3. The van der Waals surface area contributed by atoms with E-state index in [1.165, 1.54) is 19.6 Å². The highest BCUT2D eigenvalue weighted by molar-refractivity contribution is 4.87. The van der Waals surface area contributed by atoms with Crippen molar-refractivity contribution >= 4 is 0 Å². The van der Waals surface area contributed by atoms with Gasteiger partial charge in [-0.05, 0) is 40.8 Å². The number of hydrogen-bond donors (Lipinski definition) is 1. The van der Waals surface area contributed by atoms with Crippen LogP contribution in [0, 0.1) is 5.92 Å². The van der Waals surface area contributed by atoms with Gasteiger partial charge in [-0.1, -0.05) is 6.92 Å². The van der Waals surface area contributed by atoms with E-state index in [1.54, 1.807) is 0 Å². The van der Waals surface area contributed by atoms with Gasteiger partial charge in [-0.25, -0.2) is 0 Å². The van der Waals surface area contributed by atoms with Gasteiger partial charge in [-0.2, -0.15) is 0 Å². The van der Waals surface area contributed by atoms with Crippen molar-refractivity contribution in [1.82, 2.24) is 15.1 Å². The predicted octanol–water partition coefficient (Wildman–Crippen LogP) is 1.26. The molecule has 0 aromatic rings. The van der Waals surface area contributed by atoms with Gasteiger partial charge in [0.1, 0.15) is 0 Å². The monoisotopic (exact) mass is 227 g/mol. The lowest BCUT2D eigenvalue weighted by Crippen LogP contribution is -2.50. The summed E-state index contributed by atoms with van der Waals surface area (Å²) < 4.78 is 0. The molecule has 1 fully saturated rings. The van der Waals surface area contributed by atoms with Crippen LogP contribution in [0.4, 0.5) is 0 Å².